The summed E-state index contributed by atoms with van der Waals surface area (Å²) in [7, 11) is 0. The van der Waals surface area contributed by atoms with Gasteiger partial charge < -0.3 is 4.57 Å². The molecule has 1 atom stereocenters. The van der Waals surface area contributed by atoms with Crippen LogP contribution < -0.4 is 0 Å². The summed E-state index contributed by atoms with van der Waals surface area (Å²) in [5, 5.41) is 19.6. The third-order valence-electron chi connectivity index (χ3n) is 4.52. The van der Waals surface area contributed by atoms with Crippen molar-refractivity contribution in [1.82, 2.24) is 19.7 Å². The Morgan fingerprint density at radius 2 is 1.82 bits per heavy atom. The van der Waals surface area contributed by atoms with Crippen molar-refractivity contribution >= 4 is 22.7 Å². The molecule has 0 aliphatic carbocycles. The van der Waals surface area contributed by atoms with Crippen LogP contribution in [0.4, 0.5) is 0 Å². The molecular weight excluding hydrogens is 366 g/mol. The van der Waals surface area contributed by atoms with Crippen molar-refractivity contribution in [2.24, 2.45) is 0 Å². The van der Waals surface area contributed by atoms with Crippen LogP contribution in [0, 0.1) is 11.3 Å². The van der Waals surface area contributed by atoms with E-state index in [4.69, 9.17) is 10.2 Å². The number of para-hydroxylation sites is 1. The molecule has 0 N–H and O–H groups in total. The highest BCUT2D eigenvalue weighted by Gasteiger charge is 2.18. The Kier molecular flexibility index (Phi) is 5.09. The van der Waals surface area contributed by atoms with Crippen LogP contribution in [0.25, 0.3) is 33.5 Å². The average molecular weight is 385 g/mol. The van der Waals surface area contributed by atoms with E-state index < -0.39 is 0 Å². The van der Waals surface area contributed by atoms with Crippen molar-refractivity contribution in [3.05, 3.63) is 60.7 Å². The van der Waals surface area contributed by atoms with Crippen molar-refractivity contribution in [3.8, 4) is 28.7 Å². The van der Waals surface area contributed by atoms with Crippen LogP contribution in [0.1, 0.15) is 13.8 Å². The van der Waals surface area contributed by atoms with Gasteiger partial charge in [0.1, 0.15) is 0 Å². The van der Waals surface area contributed by atoms with Crippen molar-refractivity contribution in [2.75, 3.05) is 0 Å². The highest BCUT2D eigenvalue weighted by Crippen LogP contribution is 2.33. The molecule has 2 aromatic heterocycles. The van der Waals surface area contributed by atoms with E-state index in [-0.39, 0.29) is 5.25 Å². The number of hydrogen-bond donors (Lipinski definition) is 0. The third kappa shape index (κ3) is 3.37. The summed E-state index contributed by atoms with van der Waals surface area (Å²) in [4.78, 5) is 4.85. The van der Waals surface area contributed by atoms with Gasteiger partial charge in [-0.3, -0.25) is 0 Å². The second-order valence-electron chi connectivity index (χ2n) is 6.38. The molecule has 0 spiro atoms. The van der Waals surface area contributed by atoms with Gasteiger partial charge in [0.2, 0.25) is 0 Å². The zero-order valence-corrected chi connectivity index (χ0v) is 16.5. The third-order valence-corrected chi connectivity index (χ3v) is 5.50. The topological polar surface area (TPSA) is 67.4 Å². The fraction of sp³-hybridized carbons (Fsp3) is 0.182. The lowest BCUT2D eigenvalue weighted by Gasteiger charge is -2.12. The fourth-order valence-corrected chi connectivity index (χ4v) is 3.96. The first kappa shape index (κ1) is 18.2. The Hall–Kier alpha value is -3.17. The quantitative estimate of drug-likeness (QED) is 0.443. The van der Waals surface area contributed by atoms with Crippen molar-refractivity contribution < 1.29 is 0 Å². The summed E-state index contributed by atoms with van der Waals surface area (Å²) >= 11 is 1.43. The minimum Gasteiger partial charge on any atom is -0.302 e. The first-order valence-corrected chi connectivity index (χ1v) is 10.0. The zero-order valence-electron chi connectivity index (χ0n) is 15.7. The smallest absolute Gasteiger partial charge is 0.192 e. The molecule has 0 aliphatic heterocycles. The first-order valence-electron chi connectivity index (χ1n) is 9.16. The lowest BCUT2D eigenvalue weighted by molar-refractivity contribution is 0.687. The van der Waals surface area contributed by atoms with Crippen molar-refractivity contribution in [2.45, 2.75) is 30.8 Å². The molecule has 2 aromatic carbocycles. The van der Waals surface area contributed by atoms with Gasteiger partial charge in [-0.15, -0.1) is 10.2 Å². The maximum atomic E-state index is 9.15. The van der Waals surface area contributed by atoms with E-state index in [0.29, 0.717) is 0 Å². The van der Waals surface area contributed by atoms with Crippen LogP contribution in [0.2, 0.25) is 0 Å². The molecule has 5 nitrogen and oxygen atoms in total. The van der Waals surface area contributed by atoms with Crippen LogP contribution in [0.15, 0.2) is 65.8 Å². The molecule has 28 heavy (non-hydrogen) atoms. The van der Waals surface area contributed by atoms with E-state index in [0.717, 1.165) is 45.2 Å². The van der Waals surface area contributed by atoms with Gasteiger partial charge in [-0.1, -0.05) is 60.3 Å². The Labute approximate surface area is 168 Å². The van der Waals surface area contributed by atoms with Crippen LogP contribution in [0.3, 0.4) is 0 Å². The molecule has 0 aliphatic rings. The molecule has 0 saturated carbocycles. The number of rotatable bonds is 5. The minimum atomic E-state index is -0.184. The second kappa shape index (κ2) is 7.83. The molecule has 4 rings (SSSR count). The van der Waals surface area contributed by atoms with Crippen LogP contribution in [-0.2, 0) is 6.54 Å². The molecule has 138 valence electrons. The summed E-state index contributed by atoms with van der Waals surface area (Å²) in [6.07, 6.45) is 0. The van der Waals surface area contributed by atoms with Gasteiger partial charge in [-0.05, 0) is 26.0 Å². The van der Waals surface area contributed by atoms with Gasteiger partial charge >= 0.3 is 0 Å². The van der Waals surface area contributed by atoms with Crippen LogP contribution in [0.5, 0.6) is 0 Å². The lowest BCUT2D eigenvalue weighted by atomic mass is 10.0. The highest BCUT2D eigenvalue weighted by molar-refractivity contribution is 8.00. The van der Waals surface area contributed by atoms with Crippen LogP contribution >= 0.6 is 11.8 Å². The van der Waals surface area contributed by atoms with E-state index >= 15 is 0 Å². The monoisotopic (exact) mass is 385 g/mol. The number of nitriles is 1. The Bertz CT molecular complexity index is 1160. The maximum Gasteiger partial charge on any atom is 0.192 e. The SMILES string of the molecule is CCn1c(SC(C)C#N)nnc1-c1cc(-c2ccccc2)nc2ccccc12. The Morgan fingerprint density at radius 1 is 1.07 bits per heavy atom. The molecule has 0 fully saturated rings. The predicted octanol–water partition coefficient (Wildman–Crippen LogP) is 5.18. The molecule has 0 amide bonds. The number of pyridine rings is 1. The summed E-state index contributed by atoms with van der Waals surface area (Å²) in [6.45, 7) is 4.66. The number of hydrogen-bond acceptors (Lipinski definition) is 5. The predicted molar refractivity (Wildman–Crippen MR) is 113 cm³/mol. The Balaban J connectivity index is 1.93. The molecule has 1 unspecified atom stereocenters. The molecule has 0 saturated heterocycles. The van der Waals surface area contributed by atoms with Gasteiger partial charge in [-0.25, -0.2) is 4.98 Å². The minimum absolute atomic E-state index is 0.184. The van der Waals surface area contributed by atoms with Crippen molar-refractivity contribution in [3.63, 3.8) is 0 Å². The van der Waals surface area contributed by atoms with E-state index in [1.807, 2.05) is 43.3 Å². The van der Waals surface area contributed by atoms with Gasteiger partial charge in [0.05, 0.1) is 22.5 Å². The fourth-order valence-electron chi connectivity index (χ4n) is 3.16. The summed E-state index contributed by atoms with van der Waals surface area (Å²) in [5.41, 5.74) is 3.88. The summed E-state index contributed by atoms with van der Waals surface area (Å²) in [6, 6.07) is 22.5. The van der Waals surface area contributed by atoms with Gasteiger partial charge in [0.25, 0.3) is 0 Å². The summed E-state index contributed by atoms with van der Waals surface area (Å²) < 4.78 is 2.06. The number of thioether (sulfide) groups is 1. The molecule has 2 heterocycles. The Morgan fingerprint density at radius 3 is 2.57 bits per heavy atom. The van der Waals surface area contributed by atoms with Crippen LogP contribution in [-0.4, -0.2) is 25.0 Å². The molecule has 0 bridgehead atoms. The largest absolute Gasteiger partial charge is 0.302 e. The summed E-state index contributed by atoms with van der Waals surface area (Å²) in [5.74, 6) is 0.797. The molecular formula is C22H19N5S. The maximum absolute atomic E-state index is 9.15. The number of nitrogens with zero attached hydrogens (tertiary/aromatic N) is 5. The normalized spacial score (nSPS) is 12.0. The number of fused-ring (bicyclic) bond motifs is 1. The van der Waals surface area contributed by atoms with Gasteiger partial charge in [0, 0.05) is 23.1 Å². The van der Waals surface area contributed by atoms with Crippen molar-refractivity contribution in [1.29, 1.82) is 5.26 Å². The standard InChI is InChI=1S/C22H19N5S/c1-3-27-21(25-26-22(27)28-15(2)14-23)18-13-20(16-9-5-4-6-10-16)24-19-12-8-7-11-17(18)19/h4-13,15H,3H2,1-2H3. The van der Waals surface area contributed by atoms with E-state index in [9.17, 15) is 0 Å². The first-order chi connectivity index (χ1) is 13.7. The van der Waals surface area contributed by atoms with Gasteiger partial charge in [-0.2, -0.15) is 5.26 Å². The zero-order chi connectivity index (χ0) is 19.5. The number of aromatic nitrogens is 4. The molecule has 6 heteroatoms. The van der Waals surface area contributed by atoms with E-state index in [2.05, 4.69) is 52.0 Å². The molecule has 0 radical (unpaired) electrons. The van der Waals surface area contributed by atoms with E-state index in [1.165, 1.54) is 11.8 Å². The van der Waals surface area contributed by atoms with E-state index in [1.54, 1.807) is 0 Å². The lowest BCUT2D eigenvalue weighted by Crippen LogP contribution is -2.03. The average Bonchev–Trinajstić information content (AvgIpc) is 3.15. The number of benzene rings is 2. The molecule has 4 aromatic rings. The second-order valence-corrected chi connectivity index (χ2v) is 7.69. The van der Waals surface area contributed by atoms with Gasteiger partial charge in [0.15, 0.2) is 11.0 Å². The highest BCUT2D eigenvalue weighted by atomic mass is 32.2.